The van der Waals surface area contributed by atoms with E-state index in [1.165, 1.54) is 7.11 Å². The SMILES string of the molecule is COc1ccc(C(F)(F)F)cc1C(=O)CCN. The van der Waals surface area contributed by atoms with E-state index >= 15 is 0 Å². The van der Waals surface area contributed by atoms with E-state index in [9.17, 15) is 18.0 Å². The molecule has 0 aromatic heterocycles. The van der Waals surface area contributed by atoms with Crippen LogP contribution in [0.5, 0.6) is 5.75 Å². The number of carbonyl (C=O) groups excluding carboxylic acids is 1. The van der Waals surface area contributed by atoms with Crippen molar-refractivity contribution in [3.63, 3.8) is 0 Å². The summed E-state index contributed by atoms with van der Waals surface area (Å²) in [5.74, 6) is -0.341. The van der Waals surface area contributed by atoms with Gasteiger partial charge in [0.15, 0.2) is 5.78 Å². The van der Waals surface area contributed by atoms with Gasteiger partial charge in [0.25, 0.3) is 0 Å². The van der Waals surface area contributed by atoms with Gasteiger partial charge in [-0.15, -0.1) is 0 Å². The van der Waals surface area contributed by atoms with Gasteiger partial charge in [-0.25, -0.2) is 0 Å². The molecule has 0 fully saturated rings. The molecule has 0 aliphatic heterocycles. The van der Waals surface area contributed by atoms with Crippen LogP contribution in [0.4, 0.5) is 13.2 Å². The second-order valence-electron chi connectivity index (χ2n) is 3.37. The van der Waals surface area contributed by atoms with Crippen molar-refractivity contribution in [1.29, 1.82) is 0 Å². The summed E-state index contributed by atoms with van der Waals surface area (Å²) in [6.45, 7) is 0.0816. The third-order valence-electron chi connectivity index (χ3n) is 2.20. The Morgan fingerprint density at radius 2 is 2.06 bits per heavy atom. The topological polar surface area (TPSA) is 52.3 Å². The fourth-order valence-corrected chi connectivity index (χ4v) is 1.37. The van der Waals surface area contributed by atoms with E-state index in [0.29, 0.717) is 0 Å². The Balaban J connectivity index is 3.20. The van der Waals surface area contributed by atoms with Crippen LogP contribution in [0.2, 0.25) is 0 Å². The van der Waals surface area contributed by atoms with Crippen LogP contribution in [0, 0.1) is 0 Å². The largest absolute Gasteiger partial charge is 0.496 e. The van der Waals surface area contributed by atoms with Gasteiger partial charge in [0, 0.05) is 6.42 Å². The third kappa shape index (κ3) is 3.20. The van der Waals surface area contributed by atoms with E-state index in [0.717, 1.165) is 18.2 Å². The first-order valence-corrected chi connectivity index (χ1v) is 4.88. The monoisotopic (exact) mass is 247 g/mol. The van der Waals surface area contributed by atoms with Crippen molar-refractivity contribution in [2.24, 2.45) is 5.73 Å². The van der Waals surface area contributed by atoms with Crippen molar-refractivity contribution < 1.29 is 22.7 Å². The standard InChI is InChI=1S/C11H12F3NO2/c1-17-10-3-2-7(11(12,13)14)6-8(10)9(16)4-5-15/h2-3,6H,4-5,15H2,1H3. The molecule has 0 saturated heterocycles. The van der Waals surface area contributed by atoms with Crippen LogP contribution in [0.15, 0.2) is 18.2 Å². The van der Waals surface area contributed by atoms with E-state index in [4.69, 9.17) is 10.5 Å². The number of benzene rings is 1. The molecular weight excluding hydrogens is 235 g/mol. The molecule has 17 heavy (non-hydrogen) atoms. The maximum atomic E-state index is 12.5. The predicted octanol–water partition coefficient (Wildman–Crippen LogP) is 2.25. The minimum Gasteiger partial charge on any atom is -0.496 e. The Morgan fingerprint density at radius 1 is 1.41 bits per heavy atom. The number of ether oxygens (including phenoxy) is 1. The van der Waals surface area contributed by atoms with Crippen molar-refractivity contribution >= 4 is 5.78 Å². The van der Waals surface area contributed by atoms with Crippen molar-refractivity contribution in [3.8, 4) is 5.75 Å². The van der Waals surface area contributed by atoms with Crippen molar-refractivity contribution in [2.45, 2.75) is 12.6 Å². The van der Waals surface area contributed by atoms with Crippen LogP contribution in [0.25, 0.3) is 0 Å². The number of ketones is 1. The lowest BCUT2D eigenvalue weighted by molar-refractivity contribution is -0.137. The number of Topliss-reactive ketones (excluding diaryl/α,β-unsaturated/α-hetero) is 1. The molecule has 0 aliphatic carbocycles. The van der Waals surface area contributed by atoms with E-state index in [2.05, 4.69) is 0 Å². The van der Waals surface area contributed by atoms with Crippen molar-refractivity contribution in [1.82, 2.24) is 0 Å². The summed E-state index contributed by atoms with van der Waals surface area (Å²) in [5.41, 5.74) is 4.23. The Labute approximate surface area is 96.4 Å². The van der Waals surface area contributed by atoms with Crippen molar-refractivity contribution in [3.05, 3.63) is 29.3 Å². The number of halogens is 3. The molecule has 1 rings (SSSR count). The zero-order valence-electron chi connectivity index (χ0n) is 9.17. The van der Waals surface area contributed by atoms with Crippen molar-refractivity contribution in [2.75, 3.05) is 13.7 Å². The number of hydrogen-bond donors (Lipinski definition) is 1. The summed E-state index contributed by atoms with van der Waals surface area (Å²) < 4.78 is 42.3. The highest BCUT2D eigenvalue weighted by Gasteiger charge is 2.31. The van der Waals surface area contributed by atoms with Crippen LogP contribution in [0.1, 0.15) is 22.3 Å². The minimum absolute atomic E-state index is 0.0162. The van der Waals surface area contributed by atoms with Gasteiger partial charge in [-0.05, 0) is 24.7 Å². The van der Waals surface area contributed by atoms with E-state index in [1.54, 1.807) is 0 Å². The highest BCUT2D eigenvalue weighted by Crippen LogP contribution is 2.32. The molecule has 1 aromatic carbocycles. The van der Waals surface area contributed by atoms with Crippen LogP contribution < -0.4 is 10.5 Å². The Morgan fingerprint density at radius 3 is 2.53 bits per heavy atom. The fourth-order valence-electron chi connectivity index (χ4n) is 1.37. The van der Waals surface area contributed by atoms with Crippen LogP contribution in [0.3, 0.4) is 0 Å². The van der Waals surface area contributed by atoms with Gasteiger partial charge in [-0.1, -0.05) is 0 Å². The lowest BCUT2D eigenvalue weighted by Crippen LogP contribution is -2.12. The van der Waals surface area contributed by atoms with Gasteiger partial charge in [0.2, 0.25) is 0 Å². The summed E-state index contributed by atoms with van der Waals surface area (Å²) >= 11 is 0. The summed E-state index contributed by atoms with van der Waals surface area (Å²) in [7, 11) is 1.29. The number of methoxy groups -OCH3 is 1. The van der Waals surface area contributed by atoms with Crippen LogP contribution in [-0.2, 0) is 6.18 Å². The van der Waals surface area contributed by atoms with Gasteiger partial charge in [-0.2, -0.15) is 13.2 Å². The molecule has 0 bridgehead atoms. The first kappa shape index (κ1) is 13.5. The quantitative estimate of drug-likeness (QED) is 0.830. The third-order valence-corrected chi connectivity index (χ3v) is 2.20. The van der Waals surface area contributed by atoms with Gasteiger partial charge < -0.3 is 10.5 Å². The second kappa shape index (κ2) is 5.18. The molecule has 0 saturated carbocycles. The highest BCUT2D eigenvalue weighted by molar-refractivity contribution is 5.99. The molecule has 0 spiro atoms. The zero-order chi connectivity index (χ0) is 13.1. The Hall–Kier alpha value is -1.56. The Kier molecular flexibility index (Phi) is 4.11. The first-order chi connectivity index (χ1) is 7.90. The van der Waals surface area contributed by atoms with E-state index in [-0.39, 0.29) is 24.3 Å². The molecule has 0 heterocycles. The number of hydrogen-bond acceptors (Lipinski definition) is 3. The van der Waals surface area contributed by atoms with Gasteiger partial charge in [0.1, 0.15) is 5.75 Å². The summed E-state index contributed by atoms with van der Waals surface area (Å²) in [6, 6.07) is 2.79. The zero-order valence-corrected chi connectivity index (χ0v) is 9.17. The average molecular weight is 247 g/mol. The molecule has 0 unspecified atom stereocenters. The molecule has 1 aromatic rings. The second-order valence-corrected chi connectivity index (χ2v) is 3.37. The predicted molar refractivity (Wildman–Crippen MR) is 56.0 cm³/mol. The average Bonchev–Trinajstić information content (AvgIpc) is 2.27. The lowest BCUT2D eigenvalue weighted by Gasteiger charge is -2.11. The summed E-state index contributed by atoms with van der Waals surface area (Å²) in [5, 5.41) is 0. The van der Waals surface area contributed by atoms with E-state index < -0.39 is 17.5 Å². The molecule has 0 radical (unpaired) electrons. The number of carbonyl (C=O) groups is 1. The van der Waals surface area contributed by atoms with Crippen LogP contribution >= 0.6 is 0 Å². The van der Waals surface area contributed by atoms with Gasteiger partial charge in [0.05, 0.1) is 18.2 Å². The maximum Gasteiger partial charge on any atom is 0.416 e. The molecule has 0 atom stereocenters. The molecule has 2 N–H and O–H groups in total. The number of rotatable bonds is 4. The summed E-state index contributed by atoms with van der Waals surface area (Å²) in [6.07, 6.45) is -4.50. The first-order valence-electron chi connectivity index (χ1n) is 4.88. The van der Waals surface area contributed by atoms with Gasteiger partial charge in [-0.3, -0.25) is 4.79 Å². The molecule has 0 amide bonds. The molecule has 6 heteroatoms. The molecule has 94 valence electrons. The maximum absolute atomic E-state index is 12.5. The van der Waals surface area contributed by atoms with E-state index in [1.807, 2.05) is 0 Å². The highest BCUT2D eigenvalue weighted by atomic mass is 19.4. The smallest absolute Gasteiger partial charge is 0.416 e. The normalized spacial score (nSPS) is 11.4. The summed E-state index contributed by atoms with van der Waals surface area (Å²) in [4.78, 5) is 11.6. The minimum atomic E-state index is -4.48. The molecule has 0 aliphatic rings. The molecular formula is C11H12F3NO2. The van der Waals surface area contributed by atoms with Gasteiger partial charge >= 0.3 is 6.18 Å². The molecule has 3 nitrogen and oxygen atoms in total. The Bertz CT molecular complexity index is 416. The lowest BCUT2D eigenvalue weighted by atomic mass is 10.0. The number of nitrogens with two attached hydrogens (primary N) is 1. The number of alkyl halides is 3. The fraction of sp³-hybridized carbons (Fsp3) is 0.364. The van der Waals surface area contributed by atoms with Crippen LogP contribution in [-0.4, -0.2) is 19.4 Å².